The van der Waals surface area contributed by atoms with Gasteiger partial charge in [0.1, 0.15) is 5.69 Å². The SMILES string of the molecule is CC#Cc1ccccc1NC(=O)c1cc2ccc3c4cc(Cl)ccc4[nH]c3c2c(N=Nc2ccc(N)cc2)c1O. The standard InChI is InChI=1S/C32H22ClN5O2/c1-2-5-18-6-3-4-7-26(18)36-32(40)25-16-19-8-14-23-24-17-20(33)9-15-27(24)35-29(23)28(19)30(31(25)39)38-37-22-12-10-21(34)11-13-22/h3-4,6-17,35,39H,34H2,1H3,(H,36,40). The van der Waals surface area contributed by atoms with Gasteiger partial charge in [-0.15, -0.1) is 11.0 Å². The molecule has 5 N–H and O–H groups in total. The molecule has 0 spiro atoms. The summed E-state index contributed by atoms with van der Waals surface area (Å²) in [6.45, 7) is 1.73. The Morgan fingerprint density at radius 2 is 1.77 bits per heavy atom. The zero-order chi connectivity index (χ0) is 27.8. The van der Waals surface area contributed by atoms with Crippen LogP contribution in [-0.4, -0.2) is 16.0 Å². The summed E-state index contributed by atoms with van der Waals surface area (Å²) in [6, 6.07) is 25.2. The number of rotatable bonds is 4. The molecule has 0 unspecified atom stereocenters. The van der Waals surface area contributed by atoms with E-state index in [1.54, 1.807) is 43.3 Å². The molecule has 0 saturated carbocycles. The van der Waals surface area contributed by atoms with E-state index in [0.29, 0.717) is 38.4 Å². The number of H-pyrrole nitrogens is 1. The van der Waals surface area contributed by atoms with Gasteiger partial charge in [-0.05, 0) is 73.0 Å². The lowest BCUT2D eigenvalue weighted by Gasteiger charge is -2.13. The maximum atomic E-state index is 13.5. The number of amides is 1. The number of halogens is 1. The van der Waals surface area contributed by atoms with Gasteiger partial charge in [-0.2, -0.15) is 5.11 Å². The lowest BCUT2D eigenvalue weighted by Crippen LogP contribution is -2.13. The van der Waals surface area contributed by atoms with E-state index >= 15 is 0 Å². The molecule has 40 heavy (non-hydrogen) atoms. The molecular formula is C32H22ClN5O2. The number of fused-ring (bicyclic) bond motifs is 5. The summed E-state index contributed by atoms with van der Waals surface area (Å²) in [7, 11) is 0. The fourth-order valence-electron chi connectivity index (χ4n) is 4.75. The minimum atomic E-state index is -0.503. The highest BCUT2D eigenvalue weighted by Gasteiger charge is 2.22. The number of phenols is 1. The number of nitrogens with zero attached hydrogens (tertiary/aromatic N) is 2. The minimum absolute atomic E-state index is 0.0523. The number of carbonyl (C=O) groups excluding carboxylic acids is 1. The van der Waals surface area contributed by atoms with Crippen molar-refractivity contribution in [3.05, 3.63) is 101 Å². The fourth-order valence-corrected chi connectivity index (χ4v) is 4.92. The first kappa shape index (κ1) is 25.0. The maximum absolute atomic E-state index is 13.5. The first-order valence-electron chi connectivity index (χ1n) is 12.4. The molecule has 1 aromatic heterocycles. The van der Waals surface area contributed by atoms with Crippen LogP contribution in [0.2, 0.25) is 5.02 Å². The number of benzene rings is 5. The van der Waals surface area contributed by atoms with Crippen LogP contribution in [0.15, 0.2) is 95.2 Å². The third-order valence-corrected chi connectivity index (χ3v) is 6.86. The Kier molecular flexibility index (Phi) is 6.31. The number of para-hydroxylation sites is 1. The zero-order valence-corrected chi connectivity index (χ0v) is 22.0. The van der Waals surface area contributed by atoms with E-state index in [-0.39, 0.29) is 17.0 Å². The van der Waals surface area contributed by atoms with E-state index in [9.17, 15) is 9.90 Å². The number of nitrogens with two attached hydrogens (primary N) is 1. The molecule has 0 bridgehead atoms. The first-order chi connectivity index (χ1) is 19.4. The van der Waals surface area contributed by atoms with E-state index < -0.39 is 5.91 Å². The second kappa shape index (κ2) is 10.1. The van der Waals surface area contributed by atoms with Gasteiger partial charge in [0.25, 0.3) is 5.91 Å². The minimum Gasteiger partial charge on any atom is -0.505 e. The van der Waals surface area contributed by atoms with Crippen LogP contribution in [0.5, 0.6) is 5.75 Å². The van der Waals surface area contributed by atoms with E-state index in [1.807, 2.05) is 48.5 Å². The molecule has 194 valence electrons. The number of anilines is 2. The van der Waals surface area contributed by atoms with Crippen molar-refractivity contribution in [1.82, 2.24) is 4.98 Å². The van der Waals surface area contributed by atoms with Crippen LogP contribution in [0, 0.1) is 11.8 Å². The van der Waals surface area contributed by atoms with Gasteiger partial charge in [-0.3, -0.25) is 4.79 Å². The van der Waals surface area contributed by atoms with Crippen LogP contribution >= 0.6 is 11.6 Å². The second-order valence-electron chi connectivity index (χ2n) is 9.19. The number of hydrogen-bond acceptors (Lipinski definition) is 5. The number of aromatic nitrogens is 1. The van der Waals surface area contributed by atoms with Gasteiger partial charge < -0.3 is 21.1 Å². The Bertz CT molecular complexity index is 2050. The quantitative estimate of drug-likeness (QED) is 0.101. The maximum Gasteiger partial charge on any atom is 0.259 e. The van der Waals surface area contributed by atoms with Crippen LogP contribution in [-0.2, 0) is 0 Å². The van der Waals surface area contributed by atoms with Gasteiger partial charge in [0.2, 0.25) is 0 Å². The summed E-state index contributed by atoms with van der Waals surface area (Å²) < 4.78 is 0. The molecule has 0 aliphatic heterocycles. The average Bonchev–Trinajstić information content (AvgIpc) is 3.32. The molecule has 0 fully saturated rings. The molecule has 6 aromatic rings. The highest BCUT2D eigenvalue weighted by molar-refractivity contribution is 6.32. The van der Waals surface area contributed by atoms with Crippen molar-refractivity contribution in [1.29, 1.82) is 0 Å². The molecule has 0 aliphatic carbocycles. The lowest BCUT2D eigenvalue weighted by molar-refractivity contribution is 0.102. The van der Waals surface area contributed by atoms with Crippen molar-refractivity contribution in [2.75, 3.05) is 11.1 Å². The molecular weight excluding hydrogens is 522 g/mol. The van der Waals surface area contributed by atoms with Crippen molar-refractivity contribution in [2.24, 2.45) is 10.2 Å². The third-order valence-electron chi connectivity index (χ3n) is 6.62. The molecule has 0 radical (unpaired) electrons. The summed E-state index contributed by atoms with van der Waals surface area (Å²) in [5, 5.41) is 27.0. The predicted octanol–water partition coefficient (Wildman–Crippen LogP) is 8.45. The predicted molar refractivity (Wildman–Crippen MR) is 162 cm³/mol. The van der Waals surface area contributed by atoms with Gasteiger partial charge in [0, 0.05) is 37.9 Å². The van der Waals surface area contributed by atoms with Crippen LogP contribution in [0.3, 0.4) is 0 Å². The first-order valence-corrected chi connectivity index (χ1v) is 12.8. The van der Waals surface area contributed by atoms with E-state index in [4.69, 9.17) is 17.3 Å². The van der Waals surface area contributed by atoms with Crippen molar-refractivity contribution in [2.45, 2.75) is 6.92 Å². The topological polar surface area (TPSA) is 116 Å². The number of hydrogen-bond donors (Lipinski definition) is 4. The number of aromatic hydroxyl groups is 1. The van der Waals surface area contributed by atoms with Crippen molar-refractivity contribution >= 4 is 72.8 Å². The van der Waals surface area contributed by atoms with Crippen LogP contribution in [0.1, 0.15) is 22.8 Å². The van der Waals surface area contributed by atoms with Gasteiger partial charge in [0.15, 0.2) is 5.75 Å². The Morgan fingerprint density at radius 1 is 0.975 bits per heavy atom. The lowest BCUT2D eigenvalue weighted by atomic mass is 10.00. The van der Waals surface area contributed by atoms with E-state index in [0.717, 1.165) is 21.8 Å². The van der Waals surface area contributed by atoms with Crippen LogP contribution in [0.25, 0.3) is 32.6 Å². The number of nitrogen functional groups attached to an aromatic ring is 1. The highest BCUT2D eigenvalue weighted by atomic mass is 35.5. The summed E-state index contributed by atoms with van der Waals surface area (Å²) in [5.41, 5.74) is 9.98. The monoisotopic (exact) mass is 543 g/mol. The summed E-state index contributed by atoms with van der Waals surface area (Å²) in [5.74, 6) is 5.03. The fraction of sp³-hybridized carbons (Fsp3) is 0.0312. The number of nitrogens with one attached hydrogen (secondary N) is 2. The van der Waals surface area contributed by atoms with Crippen LogP contribution < -0.4 is 11.1 Å². The van der Waals surface area contributed by atoms with Crippen molar-refractivity contribution < 1.29 is 9.90 Å². The normalized spacial score (nSPS) is 11.2. The van der Waals surface area contributed by atoms with Crippen LogP contribution in [0.4, 0.5) is 22.7 Å². The second-order valence-corrected chi connectivity index (χ2v) is 9.63. The smallest absolute Gasteiger partial charge is 0.259 e. The molecule has 0 atom stereocenters. The summed E-state index contributed by atoms with van der Waals surface area (Å²) >= 11 is 6.28. The molecule has 1 amide bonds. The van der Waals surface area contributed by atoms with Gasteiger partial charge in [-0.25, -0.2) is 0 Å². The average molecular weight is 544 g/mol. The Hall–Kier alpha value is -5.32. The van der Waals surface area contributed by atoms with E-state index in [1.165, 1.54) is 0 Å². The van der Waals surface area contributed by atoms with Crippen molar-refractivity contribution in [3.8, 4) is 17.6 Å². The van der Waals surface area contributed by atoms with E-state index in [2.05, 4.69) is 32.4 Å². The highest BCUT2D eigenvalue weighted by Crippen LogP contribution is 2.44. The zero-order valence-electron chi connectivity index (χ0n) is 21.3. The number of phenolic OH excluding ortho intramolecular Hbond substituents is 1. The molecule has 0 aliphatic rings. The molecule has 0 saturated heterocycles. The largest absolute Gasteiger partial charge is 0.505 e. The Labute approximate surface area is 234 Å². The number of aromatic amines is 1. The van der Waals surface area contributed by atoms with Gasteiger partial charge >= 0.3 is 0 Å². The third kappa shape index (κ3) is 4.47. The molecule has 6 rings (SSSR count). The Balaban J connectivity index is 1.57. The van der Waals surface area contributed by atoms with Gasteiger partial charge in [0.05, 0.1) is 22.5 Å². The number of carbonyl (C=O) groups is 1. The molecule has 5 aromatic carbocycles. The molecule has 1 heterocycles. The molecule has 8 heteroatoms. The Morgan fingerprint density at radius 3 is 2.58 bits per heavy atom. The summed E-state index contributed by atoms with van der Waals surface area (Å²) in [4.78, 5) is 16.9. The molecule has 7 nitrogen and oxygen atoms in total. The van der Waals surface area contributed by atoms with Crippen molar-refractivity contribution in [3.63, 3.8) is 0 Å². The number of azo groups is 1. The van der Waals surface area contributed by atoms with Gasteiger partial charge in [-0.1, -0.05) is 41.8 Å². The summed E-state index contributed by atoms with van der Waals surface area (Å²) in [6.07, 6.45) is 0.